The summed E-state index contributed by atoms with van der Waals surface area (Å²) in [4.78, 5) is 10.5. The molecule has 0 bridgehead atoms. The molecule has 1 aromatic rings. The molecule has 0 radical (unpaired) electrons. The third-order valence-corrected chi connectivity index (χ3v) is 1.25. The van der Waals surface area contributed by atoms with E-state index in [1.54, 1.807) is 18.2 Å². The quantitative estimate of drug-likeness (QED) is 0.658. The molecule has 1 aromatic heterocycles. The van der Waals surface area contributed by atoms with Crippen molar-refractivity contribution in [2.24, 2.45) is 5.73 Å². The van der Waals surface area contributed by atoms with Gasteiger partial charge in [-0.05, 0) is 12.1 Å². The summed E-state index contributed by atoms with van der Waals surface area (Å²) < 4.78 is 5.04. The number of primary amides is 1. The van der Waals surface area contributed by atoms with Crippen LogP contribution in [0.4, 0.5) is 0 Å². The van der Waals surface area contributed by atoms with Crippen molar-refractivity contribution < 1.29 is 9.21 Å². The van der Waals surface area contributed by atoms with Gasteiger partial charge in [0.2, 0.25) is 0 Å². The summed E-state index contributed by atoms with van der Waals surface area (Å²) in [5.41, 5.74) is 4.96. The first-order chi connectivity index (χ1) is 5.24. The highest BCUT2D eigenvalue weighted by Crippen LogP contribution is 2.07. The maximum atomic E-state index is 10.5. The van der Waals surface area contributed by atoms with E-state index in [1.807, 2.05) is 0 Å². The fraction of sp³-hybridized carbons (Fsp3) is 0.125. The van der Waals surface area contributed by atoms with Gasteiger partial charge in [-0.15, -0.1) is 6.58 Å². The van der Waals surface area contributed by atoms with Crippen molar-refractivity contribution in [1.29, 1.82) is 0 Å². The first-order valence-corrected chi connectivity index (χ1v) is 3.23. The Balaban J connectivity index is 2.81. The van der Waals surface area contributed by atoms with Crippen molar-refractivity contribution in [3.05, 3.63) is 36.3 Å². The molecule has 3 heteroatoms. The number of nitrogens with two attached hydrogens (primary N) is 1. The SMILES string of the molecule is C=CCc1ccc(C(N)=O)o1. The average Bonchev–Trinajstić information content (AvgIpc) is 2.37. The number of hydrogen-bond acceptors (Lipinski definition) is 2. The third-order valence-electron chi connectivity index (χ3n) is 1.25. The Morgan fingerprint density at radius 3 is 2.91 bits per heavy atom. The van der Waals surface area contributed by atoms with Gasteiger partial charge in [0.1, 0.15) is 5.76 Å². The molecular formula is C8H9NO2. The van der Waals surface area contributed by atoms with E-state index in [1.165, 1.54) is 0 Å². The summed E-state index contributed by atoms with van der Waals surface area (Å²) in [6.07, 6.45) is 2.32. The third kappa shape index (κ3) is 1.70. The summed E-state index contributed by atoms with van der Waals surface area (Å²) in [5.74, 6) is 0.357. The van der Waals surface area contributed by atoms with Crippen molar-refractivity contribution in [1.82, 2.24) is 0 Å². The lowest BCUT2D eigenvalue weighted by molar-refractivity contribution is 0.0972. The Hall–Kier alpha value is -1.51. The van der Waals surface area contributed by atoms with Crippen LogP contribution in [0.2, 0.25) is 0 Å². The van der Waals surface area contributed by atoms with E-state index in [2.05, 4.69) is 6.58 Å². The number of carbonyl (C=O) groups excluding carboxylic acids is 1. The minimum atomic E-state index is -0.541. The summed E-state index contributed by atoms with van der Waals surface area (Å²) in [5, 5.41) is 0. The molecule has 0 spiro atoms. The van der Waals surface area contributed by atoms with Crippen LogP contribution in [0.1, 0.15) is 16.3 Å². The predicted molar refractivity (Wildman–Crippen MR) is 41.1 cm³/mol. The van der Waals surface area contributed by atoms with E-state index in [9.17, 15) is 4.79 Å². The Morgan fingerprint density at radius 2 is 2.45 bits per heavy atom. The molecule has 1 heterocycles. The summed E-state index contributed by atoms with van der Waals surface area (Å²) in [7, 11) is 0. The van der Waals surface area contributed by atoms with Gasteiger partial charge in [0.25, 0.3) is 5.91 Å². The molecule has 0 fully saturated rings. The van der Waals surface area contributed by atoms with Crippen LogP contribution < -0.4 is 5.73 Å². The maximum Gasteiger partial charge on any atom is 0.284 e. The van der Waals surface area contributed by atoms with Crippen molar-refractivity contribution in [2.75, 3.05) is 0 Å². The second kappa shape index (κ2) is 3.05. The normalized spacial score (nSPS) is 9.45. The van der Waals surface area contributed by atoms with Gasteiger partial charge in [0.05, 0.1) is 0 Å². The van der Waals surface area contributed by atoms with E-state index in [0.717, 1.165) is 0 Å². The molecule has 1 rings (SSSR count). The molecular weight excluding hydrogens is 142 g/mol. The fourth-order valence-electron chi connectivity index (χ4n) is 0.762. The molecule has 0 aliphatic heterocycles. The van der Waals surface area contributed by atoms with Gasteiger partial charge in [-0.3, -0.25) is 4.79 Å². The molecule has 3 nitrogen and oxygen atoms in total. The van der Waals surface area contributed by atoms with E-state index >= 15 is 0 Å². The van der Waals surface area contributed by atoms with Crippen LogP contribution in [0.15, 0.2) is 29.2 Å². The molecule has 1 amide bonds. The zero-order valence-corrected chi connectivity index (χ0v) is 6.04. The van der Waals surface area contributed by atoms with Gasteiger partial charge >= 0.3 is 0 Å². The van der Waals surface area contributed by atoms with Crippen molar-refractivity contribution in [2.45, 2.75) is 6.42 Å². The molecule has 0 saturated carbocycles. The second-order valence-corrected chi connectivity index (χ2v) is 2.12. The molecule has 0 saturated heterocycles. The van der Waals surface area contributed by atoms with Crippen molar-refractivity contribution in [3.8, 4) is 0 Å². The molecule has 0 aliphatic rings. The molecule has 0 aliphatic carbocycles. The van der Waals surface area contributed by atoms with Crippen molar-refractivity contribution >= 4 is 5.91 Å². The summed E-state index contributed by atoms with van der Waals surface area (Å²) >= 11 is 0. The van der Waals surface area contributed by atoms with E-state index < -0.39 is 5.91 Å². The van der Waals surface area contributed by atoms with Gasteiger partial charge in [-0.25, -0.2) is 0 Å². The first kappa shape index (κ1) is 7.60. The molecule has 2 N–H and O–H groups in total. The van der Waals surface area contributed by atoms with Crippen LogP contribution in [0, 0.1) is 0 Å². The van der Waals surface area contributed by atoms with E-state index in [0.29, 0.717) is 12.2 Å². The number of amides is 1. The Morgan fingerprint density at radius 1 is 1.73 bits per heavy atom. The largest absolute Gasteiger partial charge is 0.456 e. The Bertz CT molecular complexity index is 275. The van der Waals surface area contributed by atoms with Crippen LogP contribution in [-0.4, -0.2) is 5.91 Å². The zero-order valence-electron chi connectivity index (χ0n) is 6.04. The van der Waals surface area contributed by atoms with Crippen LogP contribution >= 0.6 is 0 Å². The molecule has 0 aromatic carbocycles. The van der Waals surface area contributed by atoms with Gasteiger partial charge in [0.15, 0.2) is 5.76 Å². The fourth-order valence-corrected chi connectivity index (χ4v) is 0.762. The van der Waals surface area contributed by atoms with Crippen molar-refractivity contribution in [3.63, 3.8) is 0 Å². The number of allylic oxidation sites excluding steroid dienone is 1. The van der Waals surface area contributed by atoms with Crippen LogP contribution in [-0.2, 0) is 6.42 Å². The van der Waals surface area contributed by atoms with Crippen LogP contribution in [0.5, 0.6) is 0 Å². The van der Waals surface area contributed by atoms with E-state index in [4.69, 9.17) is 10.2 Å². The van der Waals surface area contributed by atoms with Gasteiger partial charge in [-0.1, -0.05) is 6.08 Å². The smallest absolute Gasteiger partial charge is 0.284 e. The minimum absolute atomic E-state index is 0.196. The molecule has 0 unspecified atom stereocenters. The number of rotatable bonds is 3. The lowest BCUT2D eigenvalue weighted by atomic mass is 10.3. The summed E-state index contributed by atoms with van der Waals surface area (Å²) in [6, 6.07) is 3.27. The zero-order chi connectivity index (χ0) is 8.27. The maximum absolute atomic E-state index is 10.5. The average molecular weight is 151 g/mol. The number of furan rings is 1. The Labute approximate surface area is 64.5 Å². The van der Waals surface area contributed by atoms with Crippen LogP contribution in [0.3, 0.4) is 0 Å². The first-order valence-electron chi connectivity index (χ1n) is 3.23. The topological polar surface area (TPSA) is 56.2 Å². The molecule has 0 atom stereocenters. The standard InChI is InChI=1S/C8H9NO2/c1-2-3-6-4-5-7(11-6)8(9)10/h2,4-5H,1,3H2,(H2,9,10). The van der Waals surface area contributed by atoms with Gasteiger partial charge in [-0.2, -0.15) is 0 Å². The van der Waals surface area contributed by atoms with Crippen LogP contribution in [0.25, 0.3) is 0 Å². The highest BCUT2D eigenvalue weighted by atomic mass is 16.3. The predicted octanol–water partition coefficient (Wildman–Crippen LogP) is 1.11. The highest BCUT2D eigenvalue weighted by Gasteiger charge is 2.04. The number of hydrogen-bond donors (Lipinski definition) is 1. The molecule has 11 heavy (non-hydrogen) atoms. The minimum Gasteiger partial charge on any atom is -0.456 e. The monoisotopic (exact) mass is 151 g/mol. The second-order valence-electron chi connectivity index (χ2n) is 2.12. The van der Waals surface area contributed by atoms with Gasteiger partial charge in [0, 0.05) is 6.42 Å². The lowest BCUT2D eigenvalue weighted by Crippen LogP contribution is -2.09. The highest BCUT2D eigenvalue weighted by molar-refractivity contribution is 5.89. The summed E-state index contributed by atoms with van der Waals surface area (Å²) in [6.45, 7) is 3.53. The molecule has 58 valence electrons. The van der Waals surface area contributed by atoms with E-state index in [-0.39, 0.29) is 5.76 Å². The number of carbonyl (C=O) groups is 1. The van der Waals surface area contributed by atoms with Gasteiger partial charge < -0.3 is 10.2 Å². The lowest BCUT2D eigenvalue weighted by Gasteiger charge is -1.87. The Kier molecular flexibility index (Phi) is 2.11.